The van der Waals surface area contributed by atoms with Gasteiger partial charge in [0.05, 0.1) is 16.8 Å². The number of likely N-dealkylation sites (N-methyl/N-ethyl adjacent to an activating group) is 1. The van der Waals surface area contributed by atoms with Gasteiger partial charge in [0.1, 0.15) is 5.82 Å². The van der Waals surface area contributed by atoms with Crippen LogP contribution in [0.4, 0.5) is 10.1 Å². The van der Waals surface area contributed by atoms with Gasteiger partial charge in [-0.05, 0) is 92.9 Å². The lowest BCUT2D eigenvalue weighted by Crippen LogP contribution is -2.21. The van der Waals surface area contributed by atoms with Crippen LogP contribution in [0.3, 0.4) is 0 Å². The number of benzene rings is 3. The zero-order chi connectivity index (χ0) is 29.6. The van der Waals surface area contributed by atoms with E-state index in [1.807, 2.05) is 25.1 Å². The molecule has 0 saturated carbocycles. The van der Waals surface area contributed by atoms with Crippen LogP contribution in [-0.4, -0.2) is 52.8 Å². The first-order valence-corrected chi connectivity index (χ1v) is 14.9. The van der Waals surface area contributed by atoms with E-state index < -0.39 is 10.1 Å². The number of carbonyl (C=O) groups excluding carboxylic acids is 1. The number of anilines is 1. The van der Waals surface area contributed by atoms with Gasteiger partial charge < -0.3 is 10.2 Å². The smallest absolute Gasteiger partial charge is 0.294 e. The average Bonchev–Trinajstić information content (AvgIpc) is 3.54. The number of amides is 1. The highest BCUT2D eigenvalue weighted by atomic mass is 32.2. The van der Waals surface area contributed by atoms with Gasteiger partial charge in [0.25, 0.3) is 16.0 Å². The Hall–Kier alpha value is -3.97. The number of nitrogens with zero attached hydrogens (tertiary/aromatic N) is 3. The fourth-order valence-corrected chi connectivity index (χ4v) is 5.71. The van der Waals surface area contributed by atoms with Gasteiger partial charge in [0.2, 0.25) is 0 Å². The maximum atomic E-state index is 13.1. The van der Waals surface area contributed by atoms with E-state index in [0.717, 1.165) is 41.8 Å². The minimum absolute atomic E-state index is 0.0666. The minimum Gasteiger partial charge on any atom is -0.322 e. The van der Waals surface area contributed by atoms with Crippen LogP contribution in [-0.2, 0) is 23.1 Å². The molecule has 5 rings (SSSR count). The van der Waals surface area contributed by atoms with E-state index >= 15 is 0 Å². The Bertz CT molecular complexity index is 1720. The van der Waals surface area contributed by atoms with E-state index in [2.05, 4.69) is 39.6 Å². The second-order valence-corrected chi connectivity index (χ2v) is 12.2. The molecule has 214 valence electrons. The molecule has 2 aromatic heterocycles. The van der Waals surface area contributed by atoms with Crippen molar-refractivity contribution in [3.05, 3.63) is 106 Å². The van der Waals surface area contributed by atoms with Crippen LogP contribution in [0.15, 0.2) is 77.8 Å². The van der Waals surface area contributed by atoms with E-state index in [9.17, 15) is 17.6 Å². The second kappa shape index (κ2) is 13.1. The van der Waals surface area contributed by atoms with E-state index in [1.54, 1.807) is 29.7 Å². The normalized spacial score (nSPS) is 11.4. The number of thiophene rings is 1. The molecule has 0 aliphatic rings. The van der Waals surface area contributed by atoms with Crippen molar-refractivity contribution in [3.8, 4) is 0 Å². The topological polar surface area (TPSA) is 128 Å². The molecular weight excluding hydrogens is 565 g/mol. The summed E-state index contributed by atoms with van der Waals surface area (Å²) in [5.41, 5.74) is 4.31. The Morgan fingerprint density at radius 2 is 1.78 bits per heavy atom. The number of aromatic nitrogens is 3. The Morgan fingerprint density at radius 1 is 1.07 bits per heavy atom. The van der Waals surface area contributed by atoms with E-state index in [4.69, 9.17) is 4.55 Å². The maximum Gasteiger partial charge on any atom is 0.294 e. The molecule has 0 atom stereocenters. The fraction of sp³-hybridized carbons (Fsp3) is 0.207. The number of H-pyrrole nitrogens is 1. The monoisotopic (exact) mass is 595 g/mol. The molecule has 0 unspecified atom stereocenters. The number of fused-ring (bicyclic) bond motifs is 1. The number of rotatable bonds is 8. The van der Waals surface area contributed by atoms with Crippen molar-refractivity contribution in [3.63, 3.8) is 0 Å². The molecule has 3 N–H and O–H groups in total. The molecule has 41 heavy (non-hydrogen) atoms. The van der Waals surface area contributed by atoms with Crippen LogP contribution in [0.5, 0.6) is 0 Å². The summed E-state index contributed by atoms with van der Waals surface area (Å²) in [6, 6.07) is 17.5. The molecule has 1 amide bonds. The predicted molar refractivity (Wildman–Crippen MR) is 158 cm³/mol. The van der Waals surface area contributed by atoms with E-state index in [1.165, 1.54) is 51.5 Å². The van der Waals surface area contributed by atoms with Gasteiger partial charge in [0, 0.05) is 33.9 Å². The summed E-state index contributed by atoms with van der Waals surface area (Å²) in [6.45, 7) is 5.59. The summed E-state index contributed by atoms with van der Waals surface area (Å²) in [4.78, 5) is 15.9. The van der Waals surface area contributed by atoms with E-state index in [-0.39, 0.29) is 16.6 Å². The number of hydrogen-bond donors (Lipinski definition) is 3. The zero-order valence-corrected chi connectivity index (χ0v) is 24.4. The first-order valence-electron chi connectivity index (χ1n) is 12.7. The van der Waals surface area contributed by atoms with Crippen molar-refractivity contribution in [2.24, 2.45) is 0 Å². The highest BCUT2D eigenvalue weighted by molar-refractivity contribution is 7.85. The standard InChI is InChI=1S/C22H22FN5OS.C7H8O3S/c1-14-19(9-10-28(2)13-18-12-24-27-26-18)20-11-17(7-8-21(20)30-14)25-22(29)15-3-5-16(23)6-4-15;1-6-2-4-7(5-3-6)11(8,9)10/h3-8,11-12H,9-10,13H2,1-2H3,(H,25,29)(H,24,26,27);2-5H,1H3,(H,8,9,10). The van der Waals surface area contributed by atoms with Crippen LogP contribution >= 0.6 is 11.3 Å². The Kier molecular flexibility index (Phi) is 9.61. The number of aromatic amines is 1. The SMILES string of the molecule is Cc1ccc(S(=O)(=O)O)cc1.Cc1sc2ccc(NC(=O)c3ccc(F)cc3)cc2c1CCN(C)Cc1cn[nH]n1. The number of carbonyl (C=O) groups is 1. The van der Waals surface area contributed by atoms with Gasteiger partial charge in [-0.1, -0.05) is 17.7 Å². The molecule has 5 aromatic rings. The molecule has 12 heteroatoms. The van der Waals surface area contributed by atoms with Crippen molar-refractivity contribution in [1.29, 1.82) is 0 Å². The number of halogens is 1. The molecule has 0 aliphatic heterocycles. The third-order valence-corrected chi connectivity index (χ3v) is 8.31. The van der Waals surface area contributed by atoms with Crippen LogP contribution in [0.2, 0.25) is 0 Å². The molecule has 0 fully saturated rings. The first-order chi connectivity index (χ1) is 19.5. The molecule has 9 nitrogen and oxygen atoms in total. The third-order valence-electron chi connectivity index (χ3n) is 6.32. The van der Waals surface area contributed by atoms with Crippen LogP contribution in [0.25, 0.3) is 10.1 Å². The second-order valence-electron chi connectivity index (χ2n) is 9.55. The minimum atomic E-state index is -4.02. The van der Waals surface area contributed by atoms with Crippen LogP contribution in [0.1, 0.15) is 32.1 Å². The lowest BCUT2D eigenvalue weighted by Gasteiger charge is -2.15. The summed E-state index contributed by atoms with van der Waals surface area (Å²) >= 11 is 1.76. The highest BCUT2D eigenvalue weighted by Gasteiger charge is 2.13. The van der Waals surface area contributed by atoms with Crippen molar-refractivity contribution in [2.75, 3.05) is 18.9 Å². The molecule has 0 radical (unpaired) electrons. The maximum absolute atomic E-state index is 13.1. The van der Waals surface area contributed by atoms with Gasteiger partial charge in [-0.3, -0.25) is 9.35 Å². The first kappa shape index (κ1) is 30.0. The quantitative estimate of drug-likeness (QED) is 0.198. The highest BCUT2D eigenvalue weighted by Crippen LogP contribution is 2.33. The fourth-order valence-electron chi connectivity index (χ4n) is 4.13. The third kappa shape index (κ3) is 8.27. The molecule has 2 heterocycles. The van der Waals surface area contributed by atoms with Crippen LogP contribution < -0.4 is 5.32 Å². The predicted octanol–water partition coefficient (Wildman–Crippen LogP) is 5.64. The van der Waals surface area contributed by atoms with Crippen molar-refractivity contribution in [1.82, 2.24) is 20.3 Å². The summed E-state index contributed by atoms with van der Waals surface area (Å²) in [6.07, 6.45) is 2.63. The summed E-state index contributed by atoms with van der Waals surface area (Å²) < 4.78 is 43.8. The lowest BCUT2D eigenvalue weighted by atomic mass is 10.1. The van der Waals surface area contributed by atoms with E-state index in [0.29, 0.717) is 5.56 Å². The Labute approximate surface area is 241 Å². The summed E-state index contributed by atoms with van der Waals surface area (Å²) in [5, 5.41) is 14.7. The number of hydrogen-bond acceptors (Lipinski definition) is 7. The Morgan fingerprint density at radius 3 is 2.41 bits per heavy atom. The van der Waals surface area contributed by atoms with Crippen LogP contribution in [0, 0.1) is 19.7 Å². The van der Waals surface area contributed by atoms with Crippen molar-refractivity contribution >= 4 is 43.1 Å². The Balaban J connectivity index is 0.000000296. The van der Waals surface area contributed by atoms with Gasteiger partial charge >= 0.3 is 0 Å². The molecular formula is C29H30FN5O4S2. The van der Waals surface area contributed by atoms with Crippen molar-refractivity contribution < 1.29 is 22.2 Å². The number of nitrogens with one attached hydrogen (secondary N) is 2. The van der Waals surface area contributed by atoms with Gasteiger partial charge in [-0.25, -0.2) is 4.39 Å². The molecule has 0 saturated heterocycles. The summed E-state index contributed by atoms with van der Waals surface area (Å²) in [5.74, 6) is -0.616. The number of aryl methyl sites for hydroxylation is 2. The lowest BCUT2D eigenvalue weighted by molar-refractivity contribution is 0.102. The molecule has 0 bridgehead atoms. The summed E-state index contributed by atoms with van der Waals surface area (Å²) in [7, 11) is -1.96. The zero-order valence-electron chi connectivity index (χ0n) is 22.8. The molecule has 3 aromatic carbocycles. The largest absolute Gasteiger partial charge is 0.322 e. The van der Waals surface area contributed by atoms with Gasteiger partial charge in [0.15, 0.2) is 0 Å². The average molecular weight is 596 g/mol. The molecule has 0 aliphatic carbocycles. The van der Waals surface area contributed by atoms with Gasteiger partial charge in [-0.15, -0.1) is 11.3 Å². The van der Waals surface area contributed by atoms with Gasteiger partial charge in [-0.2, -0.15) is 23.8 Å². The molecule has 0 spiro atoms. The van der Waals surface area contributed by atoms with Crippen molar-refractivity contribution in [2.45, 2.75) is 31.7 Å².